The third-order valence-corrected chi connectivity index (χ3v) is 8.89. The first-order chi connectivity index (χ1) is 14.7. The Balaban J connectivity index is 0.00000122. The molecule has 0 aliphatic carbocycles. The molecule has 9 heteroatoms. The summed E-state index contributed by atoms with van der Waals surface area (Å²) < 4.78 is 12.4. The topological polar surface area (TPSA) is 72.6 Å². The van der Waals surface area contributed by atoms with E-state index < -0.39 is 0 Å². The molecule has 3 N–H and O–H groups in total. The van der Waals surface area contributed by atoms with Crippen LogP contribution in [0.1, 0.15) is 23.3 Å². The summed E-state index contributed by atoms with van der Waals surface area (Å²) in [4.78, 5) is 9.88. The van der Waals surface area contributed by atoms with E-state index in [0.29, 0.717) is 17.2 Å². The summed E-state index contributed by atoms with van der Waals surface area (Å²) in [6.45, 7) is 8.20. The minimum absolute atomic E-state index is 0. The van der Waals surface area contributed by atoms with Gasteiger partial charge in [-0.05, 0) is 36.6 Å². The molecule has 0 aromatic carbocycles. The van der Waals surface area contributed by atoms with Crippen LogP contribution in [0.4, 0.5) is 5.82 Å². The number of hydrogen-bond donors (Lipinski definition) is 2. The number of ether oxygens (including phenoxy) is 2. The molecule has 1 spiro atoms. The Bertz CT molecular complexity index is 938. The summed E-state index contributed by atoms with van der Waals surface area (Å²) in [7, 11) is 0. The second-order valence-corrected chi connectivity index (χ2v) is 10.6. The number of pyridine rings is 1. The van der Waals surface area contributed by atoms with E-state index in [-0.39, 0.29) is 30.4 Å². The number of thiophene rings is 1. The van der Waals surface area contributed by atoms with Gasteiger partial charge in [0.2, 0.25) is 0 Å². The zero-order valence-electron chi connectivity index (χ0n) is 18.2. The molecule has 2 aromatic rings. The van der Waals surface area contributed by atoms with Crippen molar-refractivity contribution >= 4 is 42.0 Å². The molecular weight excluding hydrogens is 467 g/mol. The first-order valence-corrected chi connectivity index (χ1v) is 12.0. The Hall–Kier alpha value is -0.930. The predicted molar refractivity (Wildman–Crippen MR) is 133 cm³/mol. The molecule has 0 radical (unpaired) electrons. The molecule has 2 atom stereocenters. The van der Waals surface area contributed by atoms with Gasteiger partial charge in [-0.25, -0.2) is 4.98 Å². The Morgan fingerprint density at radius 1 is 1.25 bits per heavy atom. The van der Waals surface area contributed by atoms with Crippen LogP contribution in [-0.4, -0.2) is 62.4 Å². The number of fused-ring (bicyclic) bond motifs is 3. The molecule has 0 amide bonds. The number of rotatable bonds is 3. The Morgan fingerprint density at radius 3 is 2.91 bits per heavy atom. The molecule has 0 unspecified atom stereocenters. The van der Waals surface area contributed by atoms with Crippen LogP contribution in [-0.2, 0) is 21.5 Å². The summed E-state index contributed by atoms with van der Waals surface area (Å²) in [5, 5.41) is 3.60. The van der Waals surface area contributed by atoms with E-state index in [0.717, 1.165) is 77.5 Å². The number of likely N-dealkylation sites (tertiary alicyclic amines) is 1. The van der Waals surface area contributed by atoms with Gasteiger partial charge in [0.05, 0.1) is 36.0 Å². The van der Waals surface area contributed by atoms with Crippen LogP contribution in [0.2, 0.25) is 0 Å². The summed E-state index contributed by atoms with van der Waals surface area (Å²) in [6, 6.07) is 8.21. The summed E-state index contributed by atoms with van der Waals surface area (Å²) >= 11 is 1.87. The quantitative estimate of drug-likeness (QED) is 0.675. The molecule has 6 rings (SSSR count). The number of nitrogen functional groups attached to an aromatic ring is 1. The second kappa shape index (κ2) is 9.37. The molecule has 3 fully saturated rings. The monoisotopic (exact) mass is 498 g/mol. The summed E-state index contributed by atoms with van der Waals surface area (Å²) in [6.07, 6.45) is 3.13. The largest absolute Gasteiger partial charge is 0.384 e. The molecule has 4 aliphatic rings. The number of nitrogens with two attached hydrogens (primary N) is 1. The van der Waals surface area contributed by atoms with Gasteiger partial charge in [0, 0.05) is 55.4 Å². The van der Waals surface area contributed by atoms with Crippen molar-refractivity contribution in [2.45, 2.75) is 24.9 Å². The number of anilines is 1. The second-order valence-electron chi connectivity index (χ2n) is 9.47. The highest BCUT2D eigenvalue weighted by Gasteiger charge is 2.50. The van der Waals surface area contributed by atoms with Crippen molar-refractivity contribution in [3.05, 3.63) is 34.7 Å². The van der Waals surface area contributed by atoms with Crippen LogP contribution >= 0.6 is 36.2 Å². The van der Waals surface area contributed by atoms with E-state index in [1.165, 1.54) is 15.3 Å². The van der Waals surface area contributed by atoms with E-state index in [1.807, 2.05) is 23.5 Å². The first-order valence-electron chi connectivity index (χ1n) is 11.2. The minimum atomic E-state index is -0.129. The van der Waals surface area contributed by atoms with Crippen molar-refractivity contribution in [1.82, 2.24) is 15.2 Å². The van der Waals surface area contributed by atoms with Gasteiger partial charge in [-0.15, -0.1) is 36.2 Å². The molecular formula is C23H32Cl2N4O2S. The summed E-state index contributed by atoms with van der Waals surface area (Å²) in [5.74, 6) is 1.25. The highest BCUT2D eigenvalue weighted by molar-refractivity contribution is 7.15. The number of piperidine rings is 1. The number of hydrogen-bond acceptors (Lipinski definition) is 7. The molecule has 0 bridgehead atoms. The molecule has 2 aromatic heterocycles. The van der Waals surface area contributed by atoms with Crippen LogP contribution in [0.3, 0.4) is 0 Å². The van der Waals surface area contributed by atoms with E-state index >= 15 is 0 Å². The fourth-order valence-electron chi connectivity index (χ4n) is 5.96. The summed E-state index contributed by atoms with van der Waals surface area (Å²) in [5.41, 5.74) is 8.49. The van der Waals surface area contributed by atoms with E-state index in [2.05, 4.69) is 27.3 Å². The normalized spacial score (nSPS) is 28.6. The highest BCUT2D eigenvalue weighted by atomic mass is 35.5. The molecule has 176 valence electrons. The highest BCUT2D eigenvalue weighted by Crippen LogP contribution is 2.47. The average Bonchev–Trinajstić information content (AvgIpc) is 3.44. The molecule has 6 heterocycles. The van der Waals surface area contributed by atoms with Crippen molar-refractivity contribution in [2.24, 2.45) is 11.3 Å². The third kappa shape index (κ3) is 4.06. The van der Waals surface area contributed by atoms with Gasteiger partial charge >= 0.3 is 0 Å². The van der Waals surface area contributed by atoms with Gasteiger partial charge in [0.1, 0.15) is 5.82 Å². The maximum atomic E-state index is 6.51. The maximum Gasteiger partial charge on any atom is 0.124 e. The fourth-order valence-corrected chi connectivity index (χ4v) is 7.16. The average molecular weight is 500 g/mol. The fraction of sp³-hybridized carbons (Fsp3) is 0.609. The lowest BCUT2D eigenvalue weighted by molar-refractivity contribution is -0.101. The lowest BCUT2D eigenvalue weighted by Gasteiger charge is -2.45. The van der Waals surface area contributed by atoms with E-state index in [4.69, 9.17) is 15.2 Å². The molecule has 6 nitrogen and oxygen atoms in total. The van der Waals surface area contributed by atoms with Crippen molar-refractivity contribution < 1.29 is 9.47 Å². The van der Waals surface area contributed by atoms with Crippen molar-refractivity contribution in [2.75, 3.05) is 58.3 Å². The predicted octanol–water partition coefficient (Wildman–Crippen LogP) is 3.34. The third-order valence-electron chi connectivity index (χ3n) is 7.68. The molecule has 4 aliphatic heterocycles. The SMILES string of the molecule is Cl.Cl.Nc1cccc(-c2cc3c(s2)CCOC32CCN(C[C@]34CNC[C@H]3COC4)CC2)n1. The maximum absolute atomic E-state index is 6.51. The van der Waals surface area contributed by atoms with Gasteiger partial charge in [-0.3, -0.25) is 0 Å². The van der Waals surface area contributed by atoms with Gasteiger partial charge in [0.15, 0.2) is 0 Å². The van der Waals surface area contributed by atoms with E-state index in [1.54, 1.807) is 0 Å². The van der Waals surface area contributed by atoms with Crippen molar-refractivity contribution in [3.63, 3.8) is 0 Å². The molecule has 32 heavy (non-hydrogen) atoms. The molecule has 3 saturated heterocycles. The van der Waals surface area contributed by atoms with Crippen LogP contribution < -0.4 is 11.1 Å². The Labute approximate surface area is 206 Å². The standard InChI is InChI=1S/C23H30N4O2S.2ClH/c24-21-3-1-2-18(26-21)20-10-17-19(30-20)4-9-29-23(17)5-7-27(8-6-23)14-22-13-25-11-16(22)12-28-15-22;;/h1-3,10,16,25H,4-9,11-15H2,(H2,24,26);2*1H/t16-,22-;;/m0../s1. The van der Waals surface area contributed by atoms with Crippen molar-refractivity contribution in [3.8, 4) is 10.6 Å². The Kier molecular flexibility index (Phi) is 7.09. The van der Waals surface area contributed by atoms with Crippen LogP contribution in [0.5, 0.6) is 0 Å². The number of aromatic nitrogens is 1. The van der Waals surface area contributed by atoms with Crippen molar-refractivity contribution in [1.29, 1.82) is 0 Å². The lowest BCUT2D eigenvalue weighted by atomic mass is 9.78. The molecule has 0 saturated carbocycles. The first kappa shape index (κ1) is 24.2. The van der Waals surface area contributed by atoms with Crippen LogP contribution in [0.25, 0.3) is 10.6 Å². The zero-order valence-corrected chi connectivity index (χ0v) is 20.6. The zero-order chi connectivity index (χ0) is 20.2. The smallest absolute Gasteiger partial charge is 0.124 e. The van der Waals surface area contributed by atoms with Crippen LogP contribution in [0, 0.1) is 11.3 Å². The minimum Gasteiger partial charge on any atom is -0.384 e. The lowest BCUT2D eigenvalue weighted by Crippen LogP contribution is -2.50. The number of nitrogens with one attached hydrogen (secondary N) is 1. The van der Waals surface area contributed by atoms with Crippen LogP contribution in [0.15, 0.2) is 24.3 Å². The van der Waals surface area contributed by atoms with Gasteiger partial charge in [-0.1, -0.05) is 6.07 Å². The number of halogens is 2. The van der Waals surface area contributed by atoms with Gasteiger partial charge < -0.3 is 25.4 Å². The number of nitrogens with zero attached hydrogens (tertiary/aromatic N) is 2. The van der Waals surface area contributed by atoms with E-state index in [9.17, 15) is 0 Å². The van der Waals surface area contributed by atoms with Gasteiger partial charge in [0.25, 0.3) is 0 Å². The Morgan fingerprint density at radius 2 is 2.09 bits per heavy atom. The van der Waals surface area contributed by atoms with Gasteiger partial charge in [-0.2, -0.15) is 0 Å².